The third-order valence-corrected chi connectivity index (χ3v) is 3.78. The van der Waals surface area contributed by atoms with E-state index in [1.54, 1.807) is 10.9 Å². The van der Waals surface area contributed by atoms with Gasteiger partial charge in [0.15, 0.2) is 11.4 Å². The van der Waals surface area contributed by atoms with Crippen LogP contribution in [0.3, 0.4) is 0 Å². The smallest absolute Gasteiger partial charge is 0.275 e. The maximum Gasteiger partial charge on any atom is 0.275 e. The molecule has 0 aliphatic rings. The predicted octanol–water partition coefficient (Wildman–Crippen LogP) is 3.00. The van der Waals surface area contributed by atoms with E-state index in [9.17, 15) is 4.79 Å². The zero-order chi connectivity index (χ0) is 18.4. The summed E-state index contributed by atoms with van der Waals surface area (Å²) in [5.41, 5.74) is 2.22. The van der Waals surface area contributed by atoms with Crippen molar-refractivity contribution in [3.8, 4) is 17.2 Å². The van der Waals surface area contributed by atoms with Crippen molar-refractivity contribution in [3.63, 3.8) is 0 Å². The van der Waals surface area contributed by atoms with E-state index in [-0.39, 0.29) is 11.6 Å². The number of carbonyl (C=O) groups excluding carboxylic acids is 1. The van der Waals surface area contributed by atoms with Gasteiger partial charge in [-0.2, -0.15) is 5.10 Å². The van der Waals surface area contributed by atoms with E-state index < -0.39 is 0 Å². The van der Waals surface area contributed by atoms with Gasteiger partial charge in [0.1, 0.15) is 12.4 Å². The fourth-order valence-electron chi connectivity index (χ4n) is 2.50. The van der Waals surface area contributed by atoms with Crippen molar-refractivity contribution < 1.29 is 14.3 Å². The van der Waals surface area contributed by atoms with Crippen LogP contribution in [0.2, 0.25) is 0 Å². The van der Waals surface area contributed by atoms with Crippen LogP contribution in [0.15, 0.2) is 60.8 Å². The fraction of sp³-hybridized carbons (Fsp3) is 0.200. The first kappa shape index (κ1) is 17.5. The van der Waals surface area contributed by atoms with Gasteiger partial charge in [0.25, 0.3) is 5.91 Å². The van der Waals surface area contributed by atoms with Gasteiger partial charge < -0.3 is 14.8 Å². The first-order valence-corrected chi connectivity index (χ1v) is 8.34. The Balaban J connectivity index is 1.60. The lowest BCUT2D eigenvalue weighted by Crippen LogP contribution is -2.28. The SMILES string of the molecule is COc1cn(-c2ccccc2)nc1C(=O)NCCOc1cccc(C)c1. The number of nitrogens with zero attached hydrogens (tertiary/aromatic N) is 2. The van der Waals surface area contributed by atoms with E-state index in [0.717, 1.165) is 17.0 Å². The molecule has 0 atom stereocenters. The van der Waals surface area contributed by atoms with E-state index in [4.69, 9.17) is 9.47 Å². The number of para-hydroxylation sites is 1. The van der Waals surface area contributed by atoms with Crippen LogP contribution in [0.5, 0.6) is 11.5 Å². The van der Waals surface area contributed by atoms with Gasteiger partial charge in [0.2, 0.25) is 0 Å². The third kappa shape index (κ3) is 4.22. The highest BCUT2D eigenvalue weighted by Gasteiger charge is 2.18. The van der Waals surface area contributed by atoms with Gasteiger partial charge in [-0.05, 0) is 36.8 Å². The molecule has 3 aromatic rings. The summed E-state index contributed by atoms with van der Waals surface area (Å²) in [5.74, 6) is 0.903. The van der Waals surface area contributed by atoms with Crippen molar-refractivity contribution in [1.82, 2.24) is 15.1 Å². The first-order chi connectivity index (χ1) is 12.7. The number of amides is 1. The number of rotatable bonds is 7. The summed E-state index contributed by atoms with van der Waals surface area (Å²) < 4.78 is 12.5. The monoisotopic (exact) mass is 351 g/mol. The number of benzene rings is 2. The standard InChI is InChI=1S/C20H21N3O3/c1-15-7-6-10-17(13-15)26-12-11-21-20(24)19-18(25-2)14-23(22-19)16-8-4-3-5-9-16/h3-10,13-14H,11-12H2,1-2H3,(H,21,24). The maximum absolute atomic E-state index is 12.4. The number of aromatic nitrogens is 2. The number of methoxy groups -OCH3 is 1. The minimum atomic E-state index is -0.302. The highest BCUT2D eigenvalue weighted by molar-refractivity contribution is 5.94. The van der Waals surface area contributed by atoms with Crippen molar-refractivity contribution in [2.75, 3.05) is 20.3 Å². The highest BCUT2D eigenvalue weighted by Crippen LogP contribution is 2.19. The second-order valence-corrected chi connectivity index (χ2v) is 5.75. The van der Waals surface area contributed by atoms with E-state index >= 15 is 0 Å². The van der Waals surface area contributed by atoms with Crippen LogP contribution in [0.25, 0.3) is 5.69 Å². The topological polar surface area (TPSA) is 65.4 Å². The summed E-state index contributed by atoms with van der Waals surface area (Å²) in [6, 6.07) is 17.3. The normalized spacial score (nSPS) is 10.4. The van der Waals surface area contributed by atoms with Gasteiger partial charge in [0, 0.05) is 0 Å². The number of aryl methyl sites for hydroxylation is 1. The average molecular weight is 351 g/mol. The molecule has 1 amide bonds. The lowest BCUT2D eigenvalue weighted by molar-refractivity contribution is 0.0938. The molecule has 0 fully saturated rings. The molecule has 2 aromatic carbocycles. The van der Waals surface area contributed by atoms with Crippen molar-refractivity contribution in [2.45, 2.75) is 6.92 Å². The molecule has 6 nitrogen and oxygen atoms in total. The van der Waals surface area contributed by atoms with E-state index in [1.807, 2.05) is 61.5 Å². The molecule has 0 spiro atoms. The Kier molecular flexibility index (Phi) is 5.53. The Morgan fingerprint density at radius 3 is 2.69 bits per heavy atom. The summed E-state index contributed by atoms with van der Waals surface area (Å²) in [6.07, 6.45) is 1.69. The van der Waals surface area contributed by atoms with E-state index in [2.05, 4.69) is 10.4 Å². The highest BCUT2D eigenvalue weighted by atomic mass is 16.5. The van der Waals surface area contributed by atoms with Crippen LogP contribution in [0.4, 0.5) is 0 Å². The molecule has 26 heavy (non-hydrogen) atoms. The Morgan fingerprint density at radius 2 is 1.96 bits per heavy atom. The maximum atomic E-state index is 12.4. The molecule has 0 saturated carbocycles. The van der Waals surface area contributed by atoms with Crippen LogP contribution in [-0.2, 0) is 0 Å². The zero-order valence-electron chi connectivity index (χ0n) is 14.8. The summed E-state index contributed by atoms with van der Waals surface area (Å²) in [4.78, 5) is 12.4. The Bertz CT molecular complexity index is 875. The summed E-state index contributed by atoms with van der Waals surface area (Å²) in [7, 11) is 1.52. The first-order valence-electron chi connectivity index (χ1n) is 8.34. The zero-order valence-corrected chi connectivity index (χ0v) is 14.8. The molecule has 1 heterocycles. The van der Waals surface area contributed by atoms with Crippen molar-refractivity contribution in [2.24, 2.45) is 0 Å². The number of nitrogens with one attached hydrogen (secondary N) is 1. The average Bonchev–Trinajstić information content (AvgIpc) is 3.10. The summed E-state index contributed by atoms with van der Waals surface area (Å²) >= 11 is 0. The Morgan fingerprint density at radius 1 is 1.15 bits per heavy atom. The molecule has 3 rings (SSSR count). The number of hydrogen-bond acceptors (Lipinski definition) is 4. The van der Waals surface area contributed by atoms with Crippen LogP contribution in [0, 0.1) is 6.92 Å². The van der Waals surface area contributed by atoms with E-state index in [1.165, 1.54) is 7.11 Å². The van der Waals surface area contributed by atoms with E-state index in [0.29, 0.717) is 18.9 Å². The van der Waals surface area contributed by atoms with Crippen LogP contribution < -0.4 is 14.8 Å². The van der Waals surface area contributed by atoms with Gasteiger partial charge in [-0.1, -0.05) is 30.3 Å². The Hall–Kier alpha value is -3.28. The minimum Gasteiger partial charge on any atom is -0.493 e. The summed E-state index contributed by atoms with van der Waals surface area (Å²) in [5, 5.41) is 7.14. The largest absolute Gasteiger partial charge is 0.493 e. The van der Waals surface area contributed by atoms with Crippen LogP contribution in [0.1, 0.15) is 16.1 Å². The molecule has 1 aromatic heterocycles. The fourth-order valence-corrected chi connectivity index (χ4v) is 2.50. The number of hydrogen-bond donors (Lipinski definition) is 1. The molecule has 0 bridgehead atoms. The van der Waals surface area contributed by atoms with Gasteiger partial charge in [-0.15, -0.1) is 0 Å². The molecule has 6 heteroatoms. The second kappa shape index (κ2) is 8.20. The lowest BCUT2D eigenvalue weighted by Gasteiger charge is -2.08. The molecule has 0 aliphatic carbocycles. The van der Waals surface area contributed by atoms with Crippen molar-refractivity contribution in [1.29, 1.82) is 0 Å². The molecule has 134 valence electrons. The number of carbonyl (C=O) groups is 1. The summed E-state index contributed by atoms with van der Waals surface area (Å²) in [6.45, 7) is 2.75. The molecule has 0 unspecified atom stereocenters. The molecule has 0 saturated heterocycles. The quantitative estimate of drug-likeness (QED) is 0.665. The molecule has 1 N–H and O–H groups in total. The Labute approximate surface area is 152 Å². The van der Waals surface area contributed by atoms with Crippen molar-refractivity contribution in [3.05, 3.63) is 72.1 Å². The molecule has 0 aliphatic heterocycles. The van der Waals surface area contributed by atoms with Crippen LogP contribution >= 0.6 is 0 Å². The lowest BCUT2D eigenvalue weighted by atomic mass is 10.2. The van der Waals surface area contributed by atoms with Gasteiger partial charge in [-0.25, -0.2) is 4.68 Å². The van der Waals surface area contributed by atoms with Crippen LogP contribution in [-0.4, -0.2) is 35.9 Å². The van der Waals surface area contributed by atoms with Gasteiger partial charge in [0.05, 0.1) is 25.5 Å². The molecule has 0 radical (unpaired) electrons. The van der Waals surface area contributed by atoms with Gasteiger partial charge in [-0.3, -0.25) is 4.79 Å². The molecular weight excluding hydrogens is 330 g/mol. The molecular formula is C20H21N3O3. The third-order valence-electron chi connectivity index (χ3n) is 3.78. The minimum absolute atomic E-state index is 0.243. The van der Waals surface area contributed by atoms with Gasteiger partial charge >= 0.3 is 0 Å². The second-order valence-electron chi connectivity index (χ2n) is 5.75. The van der Waals surface area contributed by atoms with Crippen molar-refractivity contribution >= 4 is 5.91 Å². The number of ether oxygens (including phenoxy) is 2. The predicted molar refractivity (Wildman–Crippen MR) is 99.1 cm³/mol.